The number of hydrogen-bond acceptors (Lipinski definition) is 3. The van der Waals surface area contributed by atoms with Gasteiger partial charge in [-0.05, 0) is 37.1 Å². The van der Waals surface area contributed by atoms with Gasteiger partial charge in [-0.2, -0.15) is 0 Å². The van der Waals surface area contributed by atoms with E-state index in [4.69, 9.17) is 0 Å². The summed E-state index contributed by atoms with van der Waals surface area (Å²) in [5.41, 5.74) is 0.596. The van der Waals surface area contributed by atoms with Gasteiger partial charge in [0.1, 0.15) is 5.82 Å². The summed E-state index contributed by atoms with van der Waals surface area (Å²) in [6.45, 7) is 2.27. The van der Waals surface area contributed by atoms with Gasteiger partial charge in [0.05, 0.1) is 11.5 Å². The van der Waals surface area contributed by atoms with Gasteiger partial charge in [-0.3, -0.25) is 4.79 Å². The van der Waals surface area contributed by atoms with Crippen LogP contribution < -0.4 is 0 Å². The smallest absolute Gasteiger partial charge is 0.246 e. The largest absolute Gasteiger partial charge is 0.335 e. The van der Waals surface area contributed by atoms with Crippen LogP contribution in [0.4, 0.5) is 4.39 Å². The molecule has 1 atom stereocenters. The lowest BCUT2D eigenvalue weighted by Gasteiger charge is -2.25. The van der Waals surface area contributed by atoms with Crippen LogP contribution in [0.5, 0.6) is 0 Å². The lowest BCUT2D eigenvalue weighted by molar-refractivity contribution is -0.127. The molecule has 6 heteroatoms. The first kappa shape index (κ1) is 15.7. The van der Waals surface area contributed by atoms with Crippen LogP contribution in [0.25, 0.3) is 6.08 Å². The lowest BCUT2D eigenvalue weighted by atomic mass is 10.2. The number of hydrogen-bond donors (Lipinski definition) is 0. The molecule has 1 heterocycles. The molecule has 0 aliphatic carbocycles. The van der Waals surface area contributed by atoms with Crippen molar-refractivity contribution in [2.45, 2.75) is 19.4 Å². The van der Waals surface area contributed by atoms with Crippen LogP contribution >= 0.6 is 0 Å². The molecule has 0 aromatic heterocycles. The predicted molar refractivity (Wildman–Crippen MR) is 79.9 cm³/mol. The van der Waals surface area contributed by atoms with Gasteiger partial charge in [0.2, 0.25) is 5.91 Å². The summed E-state index contributed by atoms with van der Waals surface area (Å²) in [5.74, 6) is -0.446. The van der Waals surface area contributed by atoms with Crippen molar-refractivity contribution in [2.24, 2.45) is 0 Å². The van der Waals surface area contributed by atoms with Crippen LogP contribution in [0.15, 0.2) is 30.3 Å². The van der Waals surface area contributed by atoms with E-state index in [0.29, 0.717) is 18.5 Å². The van der Waals surface area contributed by atoms with E-state index in [1.54, 1.807) is 17.0 Å². The normalized spacial score (nSPS) is 20.8. The SMILES string of the molecule is CCN(C(=O)/C=C/c1cccc(F)c1)C1CCS(=O)(=O)C1. The van der Waals surface area contributed by atoms with E-state index in [1.165, 1.54) is 24.3 Å². The van der Waals surface area contributed by atoms with Crippen LogP contribution in [-0.4, -0.2) is 43.3 Å². The van der Waals surface area contributed by atoms with Crippen molar-refractivity contribution in [3.8, 4) is 0 Å². The Morgan fingerprint density at radius 1 is 1.48 bits per heavy atom. The number of sulfone groups is 1. The van der Waals surface area contributed by atoms with Crippen LogP contribution in [0.1, 0.15) is 18.9 Å². The number of nitrogens with zero attached hydrogens (tertiary/aromatic N) is 1. The van der Waals surface area contributed by atoms with E-state index in [2.05, 4.69) is 0 Å². The minimum Gasteiger partial charge on any atom is -0.335 e. The number of halogens is 1. The predicted octanol–water partition coefficient (Wildman–Crippen LogP) is 1.87. The maximum atomic E-state index is 13.1. The summed E-state index contributed by atoms with van der Waals surface area (Å²) in [4.78, 5) is 13.7. The second-order valence-corrected chi connectivity index (χ2v) is 7.30. The van der Waals surface area contributed by atoms with Gasteiger partial charge in [0.15, 0.2) is 9.84 Å². The summed E-state index contributed by atoms with van der Waals surface area (Å²) in [5, 5.41) is 0. The average molecular weight is 311 g/mol. The molecule has 1 unspecified atom stereocenters. The molecule has 1 fully saturated rings. The van der Waals surface area contributed by atoms with Crippen molar-refractivity contribution in [3.05, 3.63) is 41.7 Å². The summed E-state index contributed by atoms with van der Waals surface area (Å²) < 4.78 is 36.1. The molecule has 1 aromatic carbocycles. The van der Waals surface area contributed by atoms with Gasteiger partial charge in [-0.1, -0.05) is 12.1 Å². The number of benzene rings is 1. The minimum absolute atomic E-state index is 0.0282. The molecule has 0 N–H and O–H groups in total. The topological polar surface area (TPSA) is 54.5 Å². The Morgan fingerprint density at radius 3 is 2.81 bits per heavy atom. The fourth-order valence-corrected chi connectivity index (χ4v) is 4.22. The van der Waals surface area contributed by atoms with Gasteiger partial charge in [0.25, 0.3) is 0 Å². The van der Waals surface area contributed by atoms with E-state index in [1.807, 2.05) is 6.92 Å². The second-order valence-electron chi connectivity index (χ2n) is 5.07. The Hall–Kier alpha value is -1.69. The fraction of sp³-hybridized carbons (Fsp3) is 0.400. The monoisotopic (exact) mass is 311 g/mol. The Bertz CT molecular complexity index is 655. The highest BCUT2D eigenvalue weighted by atomic mass is 32.2. The molecule has 1 saturated heterocycles. The molecule has 0 spiro atoms. The quantitative estimate of drug-likeness (QED) is 0.798. The first-order chi connectivity index (χ1) is 9.91. The minimum atomic E-state index is -3.02. The third-order valence-corrected chi connectivity index (χ3v) is 5.29. The zero-order valence-corrected chi connectivity index (χ0v) is 12.6. The highest BCUT2D eigenvalue weighted by Gasteiger charge is 2.33. The standard InChI is InChI=1S/C15H18FNO3S/c1-2-17(14-8-9-21(19,20)11-14)15(18)7-6-12-4-3-5-13(16)10-12/h3-7,10,14H,2,8-9,11H2,1H3/b7-6+. The van der Waals surface area contributed by atoms with Gasteiger partial charge in [-0.15, -0.1) is 0 Å². The van der Waals surface area contributed by atoms with Gasteiger partial charge in [0, 0.05) is 18.7 Å². The molecule has 21 heavy (non-hydrogen) atoms. The molecule has 1 aliphatic rings. The molecule has 0 radical (unpaired) electrons. The first-order valence-electron chi connectivity index (χ1n) is 6.86. The molecular weight excluding hydrogens is 293 g/mol. The van der Waals surface area contributed by atoms with E-state index < -0.39 is 9.84 Å². The molecule has 0 saturated carbocycles. The fourth-order valence-electron chi connectivity index (χ4n) is 2.49. The van der Waals surface area contributed by atoms with Crippen LogP contribution in [0.3, 0.4) is 0 Å². The van der Waals surface area contributed by atoms with Gasteiger partial charge >= 0.3 is 0 Å². The number of likely N-dealkylation sites (N-methyl/N-ethyl adjacent to an activating group) is 1. The summed E-state index contributed by atoms with van der Waals surface area (Å²) in [7, 11) is -3.02. The highest BCUT2D eigenvalue weighted by molar-refractivity contribution is 7.91. The van der Waals surface area contributed by atoms with Crippen LogP contribution in [-0.2, 0) is 14.6 Å². The zero-order chi connectivity index (χ0) is 15.5. The number of rotatable bonds is 4. The Balaban J connectivity index is 2.07. The second kappa shape index (κ2) is 6.39. The molecule has 114 valence electrons. The zero-order valence-electron chi connectivity index (χ0n) is 11.8. The average Bonchev–Trinajstić information content (AvgIpc) is 2.77. The molecule has 1 amide bonds. The van der Waals surface area contributed by atoms with Crippen LogP contribution in [0, 0.1) is 5.82 Å². The molecule has 1 aliphatic heterocycles. The van der Waals surface area contributed by atoms with Crippen molar-refractivity contribution in [1.82, 2.24) is 4.90 Å². The Morgan fingerprint density at radius 2 is 2.24 bits per heavy atom. The maximum Gasteiger partial charge on any atom is 0.246 e. The maximum absolute atomic E-state index is 13.1. The number of amides is 1. The van der Waals surface area contributed by atoms with Crippen LogP contribution in [0.2, 0.25) is 0 Å². The van der Waals surface area contributed by atoms with Crippen molar-refractivity contribution < 1.29 is 17.6 Å². The van der Waals surface area contributed by atoms with Gasteiger partial charge in [-0.25, -0.2) is 12.8 Å². The number of carbonyl (C=O) groups is 1. The van der Waals surface area contributed by atoms with Crippen molar-refractivity contribution in [2.75, 3.05) is 18.1 Å². The summed E-state index contributed by atoms with van der Waals surface area (Å²) in [6.07, 6.45) is 3.39. The van der Waals surface area contributed by atoms with Crippen molar-refractivity contribution >= 4 is 21.8 Å². The van der Waals surface area contributed by atoms with Crippen molar-refractivity contribution in [1.29, 1.82) is 0 Å². The molecule has 2 rings (SSSR count). The first-order valence-corrected chi connectivity index (χ1v) is 8.68. The van der Waals surface area contributed by atoms with Crippen molar-refractivity contribution in [3.63, 3.8) is 0 Å². The highest BCUT2D eigenvalue weighted by Crippen LogP contribution is 2.18. The van der Waals surface area contributed by atoms with Gasteiger partial charge < -0.3 is 4.90 Å². The summed E-state index contributed by atoms with van der Waals surface area (Å²) >= 11 is 0. The Kier molecular flexibility index (Phi) is 4.77. The molecule has 4 nitrogen and oxygen atoms in total. The van der Waals surface area contributed by atoms with E-state index in [9.17, 15) is 17.6 Å². The molecule has 1 aromatic rings. The molecule has 0 bridgehead atoms. The van der Waals surface area contributed by atoms with E-state index in [0.717, 1.165) is 0 Å². The van der Waals surface area contributed by atoms with E-state index in [-0.39, 0.29) is 29.3 Å². The molecular formula is C15H18FNO3S. The summed E-state index contributed by atoms with van der Waals surface area (Å²) in [6, 6.07) is 5.68. The third-order valence-electron chi connectivity index (χ3n) is 3.54. The third kappa shape index (κ3) is 4.14. The van der Waals surface area contributed by atoms with E-state index >= 15 is 0 Å². The Labute approximate surface area is 124 Å². The lowest BCUT2D eigenvalue weighted by Crippen LogP contribution is -2.40. The number of carbonyl (C=O) groups excluding carboxylic acids is 1.